The van der Waals surface area contributed by atoms with Gasteiger partial charge in [-0.3, -0.25) is 9.46 Å². The van der Waals surface area contributed by atoms with Gasteiger partial charge in [0, 0.05) is 6.54 Å². The molecule has 0 radical (unpaired) electrons. The highest BCUT2D eigenvalue weighted by atomic mass is 31.0. The second-order valence-electron chi connectivity index (χ2n) is 4.11. The van der Waals surface area contributed by atoms with E-state index in [0.717, 1.165) is 12.5 Å². The van der Waals surface area contributed by atoms with Crippen LogP contribution in [0.3, 0.4) is 0 Å². The van der Waals surface area contributed by atoms with E-state index in [1.807, 2.05) is 0 Å². The molecule has 1 saturated heterocycles. The van der Waals surface area contributed by atoms with Crippen LogP contribution in [0.1, 0.15) is 26.2 Å². The first-order valence-corrected chi connectivity index (χ1v) is 5.23. The van der Waals surface area contributed by atoms with E-state index in [-0.39, 0.29) is 6.04 Å². The van der Waals surface area contributed by atoms with Crippen LogP contribution in [0, 0.1) is 11.8 Å². The van der Waals surface area contributed by atoms with Crippen molar-refractivity contribution >= 4 is 15.2 Å². The van der Waals surface area contributed by atoms with Crippen LogP contribution in [0.5, 0.6) is 0 Å². The van der Waals surface area contributed by atoms with Crippen molar-refractivity contribution in [3.8, 4) is 0 Å². The van der Waals surface area contributed by atoms with Crippen molar-refractivity contribution < 1.29 is 4.79 Å². The molecular weight excluding hydrogens is 169 g/mol. The van der Waals surface area contributed by atoms with Crippen molar-refractivity contribution in [3.05, 3.63) is 0 Å². The predicted octanol–water partition coefficient (Wildman–Crippen LogP) is 1.47. The van der Waals surface area contributed by atoms with Gasteiger partial charge in [0.25, 0.3) is 0 Å². The Morgan fingerprint density at radius 3 is 2.92 bits per heavy atom. The van der Waals surface area contributed by atoms with Gasteiger partial charge in [0.05, 0.1) is 6.04 Å². The van der Waals surface area contributed by atoms with Crippen LogP contribution in [0.25, 0.3) is 0 Å². The Hall–Kier alpha value is 0.0600. The first-order chi connectivity index (χ1) is 5.70. The van der Waals surface area contributed by atoms with E-state index in [2.05, 4.69) is 14.1 Å². The fourth-order valence-electron chi connectivity index (χ4n) is 2.87. The largest absolute Gasteiger partial charge is 0.298 e. The van der Waals surface area contributed by atoms with Gasteiger partial charge in [0.1, 0.15) is 5.78 Å². The third-order valence-corrected chi connectivity index (χ3v) is 3.87. The van der Waals surface area contributed by atoms with Crippen molar-refractivity contribution in [3.63, 3.8) is 0 Å². The molecule has 2 nitrogen and oxygen atoms in total. The quantitative estimate of drug-likeness (QED) is 0.576. The summed E-state index contributed by atoms with van der Waals surface area (Å²) in [5, 5.41) is 0. The lowest BCUT2D eigenvalue weighted by molar-refractivity contribution is -0.120. The van der Waals surface area contributed by atoms with Gasteiger partial charge in [-0.2, -0.15) is 0 Å². The standard InChI is InChI=1S/C9H16NOP/c1-6(11)9-8-4-2-3-7(8)5-10(9)12/h7-9H,2-5,12H2,1H3/t7?,8-,9+/m0/s1. The Labute approximate surface area is 76.0 Å². The van der Waals surface area contributed by atoms with E-state index >= 15 is 0 Å². The molecule has 12 heavy (non-hydrogen) atoms. The van der Waals surface area contributed by atoms with Gasteiger partial charge >= 0.3 is 0 Å². The zero-order chi connectivity index (χ0) is 8.72. The van der Waals surface area contributed by atoms with Crippen LogP contribution in [-0.4, -0.2) is 23.0 Å². The van der Waals surface area contributed by atoms with Gasteiger partial charge in [-0.15, -0.1) is 0 Å². The minimum atomic E-state index is 0.211. The zero-order valence-corrected chi connectivity index (χ0v) is 8.65. The third kappa shape index (κ3) is 1.22. The van der Waals surface area contributed by atoms with Crippen LogP contribution in [0.15, 0.2) is 0 Å². The second-order valence-corrected chi connectivity index (χ2v) is 4.77. The molecule has 0 aromatic rings. The number of ketones is 1. The van der Waals surface area contributed by atoms with E-state index in [1.54, 1.807) is 6.92 Å². The number of Topliss-reactive ketones (excluding diaryl/α,β-unsaturated/α-hetero) is 1. The van der Waals surface area contributed by atoms with Crippen molar-refractivity contribution in [1.29, 1.82) is 0 Å². The molecule has 0 amide bonds. The van der Waals surface area contributed by atoms with Gasteiger partial charge in [-0.1, -0.05) is 15.8 Å². The summed E-state index contributed by atoms with van der Waals surface area (Å²) >= 11 is 0. The summed E-state index contributed by atoms with van der Waals surface area (Å²) in [7, 11) is 2.70. The Morgan fingerprint density at radius 1 is 1.50 bits per heavy atom. The van der Waals surface area contributed by atoms with E-state index in [9.17, 15) is 4.79 Å². The lowest BCUT2D eigenvalue weighted by Crippen LogP contribution is -2.31. The first-order valence-electron chi connectivity index (χ1n) is 4.72. The molecule has 1 aliphatic heterocycles. The number of carbonyl (C=O) groups excluding carboxylic acids is 1. The maximum absolute atomic E-state index is 11.3. The Bertz CT molecular complexity index is 207. The normalized spacial score (nSPS) is 41.7. The van der Waals surface area contributed by atoms with Gasteiger partial charge in [-0.05, 0) is 31.6 Å². The summed E-state index contributed by atoms with van der Waals surface area (Å²) in [5.74, 6) is 1.82. The highest BCUT2D eigenvalue weighted by molar-refractivity contribution is 7.13. The average Bonchev–Trinajstić information content (AvgIpc) is 2.44. The van der Waals surface area contributed by atoms with E-state index in [1.165, 1.54) is 19.3 Å². The van der Waals surface area contributed by atoms with Crippen LogP contribution in [0.4, 0.5) is 0 Å². The van der Waals surface area contributed by atoms with Crippen LogP contribution in [-0.2, 0) is 4.79 Å². The van der Waals surface area contributed by atoms with Gasteiger partial charge in [-0.25, -0.2) is 0 Å². The van der Waals surface area contributed by atoms with Gasteiger partial charge in [0.15, 0.2) is 0 Å². The Morgan fingerprint density at radius 2 is 2.25 bits per heavy atom. The fourth-order valence-corrected chi connectivity index (χ4v) is 3.57. The maximum Gasteiger partial charge on any atom is 0.147 e. The number of hydrogen-bond donors (Lipinski definition) is 0. The molecule has 68 valence electrons. The summed E-state index contributed by atoms with van der Waals surface area (Å²) in [4.78, 5) is 11.3. The highest BCUT2D eigenvalue weighted by Gasteiger charge is 2.44. The molecule has 2 fully saturated rings. The molecule has 0 aromatic heterocycles. The van der Waals surface area contributed by atoms with Crippen LogP contribution >= 0.6 is 9.39 Å². The monoisotopic (exact) mass is 185 g/mol. The molecule has 4 atom stereocenters. The van der Waals surface area contributed by atoms with Gasteiger partial charge in [0.2, 0.25) is 0 Å². The van der Waals surface area contributed by atoms with Crippen molar-refractivity contribution in [2.24, 2.45) is 11.8 Å². The number of rotatable bonds is 1. The molecule has 2 rings (SSSR count). The topological polar surface area (TPSA) is 20.3 Å². The smallest absolute Gasteiger partial charge is 0.147 e. The molecule has 0 spiro atoms. The molecule has 1 aliphatic carbocycles. The molecule has 1 heterocycles. The number of carbonyl (C=O) groups is 1. The van der Waals surface area contributed by atoms with E-state index in [0.29, 0.717) is 11.7 Å². The summed E-state index contributed by atoms with van der Waals surface area (Å²) in [6.07, 6.45) is 3.93. The molecule has 1 saturated carbocycles. The van der Waals surface area contributed by atoms with Crippen molar-refractivity contribution in [2.75, 3.05) is 6.54 Å². The molecule has 2 unspecified atom stereocenters. The van der Waals surface area contributed by atoms with Crippen LogP contribution in [0.2, 0.25) is 0 Å². The molecule has 0 bridgehead atoms. The molecule has 0 aromatic carbocycles. The van der Waals surface area contributed by atoms with Crippen molar-refractivity contribution in [1.82, 2.24) is 4.67 Å². The van der Waals surface area contributed by atoms with E-state index < -0.39 is 0 Å². The second kappa shape index (κ2) is 3.08. The minimum Gasteiger partial charge on any atom is -0.298 e. The average molecular weight is 185 g/mol. The fraction of sp³-hybridized carbons (Fsp3) is 0.889. The number of fused-ring (bicyclic) bond motifs is 1. The van der Waals surface area contributed by atoms with Crippen molar-refractivity contribution in [2.45, 2.75) is 32.2 Å². The lowest BCUT2D eigenvalue weighted by atomic mass is 9.92. The SMILES string of the molecule is CC(=O)[C@@H]1[C@H]2CCCC2CN1P. The predicted molar refractivity (Wildman–Crippen MR) is 51.7 cm³/mol. The Balaban J connectivity index is 2.15. The highest BCUT2D eigenvalue weighted by Crippen LogP contribution is 2.43. The molecular formula is C9H16NOP. The summed E-state index contributed by atoms with van der Waals surface area (Å²) in [6.45, 7) is 2.84. The zero-order valence-electron chi connectivity index (χ0n) is 7.49. The third-order valence-electron chi connectivity index (χ3n) is 3.34. The minimum absolute atomic E-state index is 0.211. The summed E-state index contributed by atoms with van der Waals surface area (Å²) < 4.78 is 2.16. The first kappa shape index (κ1) is 8.65. The number of hydrogen-bond acceptors (Lipinski definition) is 2. The molecule has 3 heteroatoms. The summed E-state index contributed by atoms with van der Waals surface area (Å²) in [6, 6.07) is 0.211. The van der Waals surface area contributed by atoms with Crippen LogP contribution < -0.4 is 0 Å². The van der Waals surface area contributed by atoms with E-state index in [4.69, 9.17) is 0 Å². The molecule has 2 aliphatic rings. The lowest BCUT2D eigenvalue weighted by Gasteiger charge is -2.20. The summed E-state index contributed by atoms with van der Waals surface area (Å²) in [5.41, 5.74) is 0. The molecule has 0 N–H and O–H groups in total. The van der Waals surface area contributed by atoms with Gasteiger partial charge < -0.3 is 0 Å². The number of nitrogens with zero attached hydrogens (tertiary/aromatic N) is 1. The Kier molecular flexibility index (Phi) is 2.22. The maximum atomic E-state index is 11.3.